The summed E-state index contributed by atoms with van der Waals surface area (Å²) in [7, 11) is 1.73. The Labute approximate surface area is 331 Å². The summed E-state index contributed by atoms with van der Waals surface area (Å²) in [6.07, 6.45) is 11.3. The lowest BCUT2D eigenvalue weighted by Crippen LogP contribution is -2.52. The number of hydrogen-bond acceptors (Lipinski definition) is 7. The largest absolute Gasteiger partial charge is 0.496 e. The van der Waals surface area contributed by atoms with Crippen molar-refractivity contribution in [1.82, 2.24) is 19.7 Å². The van der Waals surface area contributed by atoms with Gasteiger partial charge in [-0.1, -0.05) is 85.4 Å². The summed E-state index contributed by atoms with van der Waals surface area (Å²) >= 11 is 0. The average molecular weight is 759 g/mol. The first-order valence-corrected chi connectivity index (χ1v) is 20.7. The molecule has 0 radical (unpaired) electrons. The zero-order valence-corrected chi connectivity index (χ0v) is 35.1. The standard InChI is InChI=1S/C45H70N6O4/c1-9-11-17-23-47-43(48-40(46)10-2)42-35(3)22-24-51(42)30-36-20-21-37(29-39(36)53-8)45(6,7)34-54-33-44(4,5)32-49-25-27-50(28-26-49)41(52)31-55-38-18-15-13-12-14-16-19-38/h20-22,24,29,38,47H,3,9-15,17-18,23,25-28,30-34H2,1-2,4-8H3,(H2,46,48)/b43-42+. The number of aromatic nitrogens is 1. The topological polar surface area (TPSA) is 107 Å². The van der Waals surface area contributed by atoms with Gasteiger partial charge in [-0.2, -0.15) is 0 Å². The molecule has 1 amide bonds. The molecular formula is C45H70N6O4. The number of carbonyl (C=O) groups is 1. The molecule has 4 rings (SSSR count). The first-order valence-electron chi connectivity index (χ1n) is 20.7. The van der Waals surface area contributed by atoms with Gasteiger partial charge in [0.2, 0.25) is 5.91 Å². The van der Waals surface area contributed by atoms with Crippen LogP contribution in [-0.4, -0.2) is 98.4 Å². The van der Waals surface area contributed by atoms with E-state index in [-0.39, 0.29) is 29.4 Å². The van der Waals surface area contributed by atoms with Gasteiger partial charge in [0.1, 0.15) is 24.3 Å². The van der Waals surface area contributed by atoms with E-state index in [0.717, 1.165) is 117 Å². The zero-order chi connectivity index (χ0) is 39.8. The van der Waals surface area contributed by atoms with Gasteiger partial charge in [-0.25, -0.2) is 4.99 Å². The molecule has 1 aromatic heterocycles. The maximum Gasteiger partial charge on any atom is 0.248 e. The molecule has 0 bridgehead atoms. The number of benzene rings is 1. The number of rotatable bonds is 20. The molecule has 0 saturated carbocycles. The van der Waals surface area contributed by atoms with E-state index >= 15 is 0 Å². The van der Waals surface area contributed by atoms with Crippen molar-refractivity contribution in [3.63, 3.8) is 0 Å². The molecule has 1 aliphatic heterocycles. The maximum atomic E-state index is 12.9. The van der Waals surface area contributed by atoms with Crippen molar-refractivity contribution in [3.8, 4) is 17.6 Å². The SMILES string of the molecule is C=c1ccn(Cc2ccc(C(C)(C)COCC(C)(C)CN3CCN(C(=O)COC4C#CCCCCC4)CC3)cc2OC)/c1=C(/N=C(/N)CC)NCCCCC. The number of piperazine rings is 1. The minimum absolute atomic E-state index is 0.0438. The van der Waals surface area contributed by atoms with E-state index in [2.05, 4.69) is 92.2 Å². The molecule has 1 aliphatic carbocycles. The highest BCUT2D eigenvalue weighted by atomic mass is 16.5. The van der Waals surface area contributed by atoms with Gasteiger partial charge in [0, 0.05) is 74.7 Å². The fraction of sp³-hybridized carbons (Fsp3) is 0.644. The molecule has 1 fully saturated rings. The number of amides is 1. The van der Waals surface area contributed by atoms with E-state index in [4.69, 9.17) is 24.9 Å². The molecule has 0 spiro atoms. The van der Waals surface area contributed by atoms with Crippen LogP contribution in [0.25, 0.3) is 12.4 Å². The predicted octanol–water partition coefficient (Wildman–Crippen LogP) is 5.39. The summed E-state index contributed by atoms with van der Waals surface area (Å²) in [5.74, 6) is 8.65. The number of aliphatic imine (C=N–C) groups is 1. The van der Waals surface area contributed by atoms with Crippen LogP contribution in [0.15, 0.2) is 35.5 Å². The molecular weight excluding hydrogens is 689 g/mol. The second-order valence-electron chi connectivity index (χ2n) is 16.7. The van der Waals surface area contributed by atoms with Gasteiger partial charge in [0.15, 0.2) is 5.82 Å². The van der Waals surface area contributed by atoms with Gasteiger partial charge in [0.25, 0.3) is 0 Å². The first-order chi connectivity index (χ1) is 26.4. The molecule has 1 unspecified atom stereocenters. The summed E-state index contributed by atoms with van der Waals surface area (Å²) in [5.41, 5.74) is 8.18. The molecule has 2 aliphatic rings. The number of amidine groups is 1. The molecule has 10 nitrogen and oxygen atoms in total. The van der Waals surface area contributed by atoms with Gasteiger partial charge in [-0.3, -0.25) is 9.69 Å². The van der Waals surface area contributed by atoms with Gasteiger partial charge in [0.05, 0.1) is 32.2 Å². The van der Waals surface area contributed by atoms with Crippen LogP contribution in [0.5, 0.6) is 5.75 Å². The van der Waals surface area contributed by atoms with Crippen molar-refractivity contribution in [2.45, 2.75) is 117 Å². The van der Waals surface area contributed by atoms with E-state index in [1.54, 1.807) is 7.11 Å². The molecule has 2 aromatic rings. The Kier molecular flexibility index (Phi) is 17.2. The summed E-state index contributed by atoms with van der Waals surface area (Å²) in [6.45, 7) is 24.3. The molecule has 1 saturated heterocycles. The number of hydrogen-bond donors (Lipinski definition) is 2. The van der Waals surface area contributed by atoms with E-state index < -0.39 is 0 Å². The Bertz CT molecular complexity index is 1730. The maximum absolute atomic E-state index is 12.9. The summed E-state index contributed by atoms with van der Waals surface area (Å²) in [6, 6.07) is 8.53. The highest BCUT2D eigenvalue weighted by Crippen LogP contribution is 2.31. The number of nitrogens with zero attached hydrogens (tertiary/aromatic N) is 4. The number of unbranched alkanes of at least 4 members (excludes halogenated alkanes) is 2. The number of nitrogens with two attached hydrogens (primary N) is 1. The smallest absolute Gasteiger partial charge is 0.248 e. The van der Waals surface area contributed by atoms with E-state index in [1.165, 1.54) is 6.42 Å². The fourth-order valence-corrected chi connectivity index (χ4v) is 7.24. The molecule has 304 valence electrons. The lowest BCUT2D eigenvalue weighted by molar-refractivity contribution is -0.139. The molecule has 10 heteroatoms. The Morgan fingerprint density at radius 1 is 1.05 bits per heavy atom. The minimum atomic E-state index is -0.230. The summed E-state index contributed by atoms with van der Waals surface area (Å²) in [5, 5.41) is 5.38. The quantitative estimate of drug-likeness (QED) is 0.0809. The average Bonchev–Trinajstić information content (AvgIpc) is 3.51. The van der Waals surface area contributed by atoms with Crippen LogP contribution < -0.4 is 26.4 Å². The first kappa shape index (κ1) is 43.9. The van der Waals surface area contributed by atoms with Crippen LogP contribution in [0.2, 0.25) is 0 Å². The normalized spacial score (nSPS) is 17.9. The third-order valence-corrected chi connectivity index (χ3v) is 10.6. The van der Waals surface area contributed by atoms with Crippen LogP contribution >= 0.6 is 0 Å². The van der Waals surface area contributed by atoms with E-state index in [9.17, 15) is 4.79 Å². The molecule has 2 heterocycles. The Hall–Kier alpha value is -3.78. The fourth-order valence-electron chi connectivity index (χ4n) is 7.24. The lowest BCUT2D eigenvalue weighted by atomic mass is 9.84. The van der Waals surface area contributed by atoms with Crippen molar-refractivity contribution < 1.29 is 19.0 Å². The second kappa shape index (κ2) is 21.5. The number of methoxy groups -OCH3 is 1. The molecule has 1 aromatic carbocycles. The zero-order valence-electron chi connectivity index (χ0n) is 35.1. The van der Waals surface area contributed by atoms with Crippen LogP contribution in [0, 0.1) is 17.3 Å². The monoisotopic (exact) mass is 759 g/mol. The third-order valence-electron chi connectivity index (χ3n) is 10.6. The Morgan fingerprint density at radius 3 is 2.56 bits per heavy atom. The van der Waals surface area contributed by atoms with Crippen molar-refractivity contribution in [1.29, 1.82) is 0 Å². The second-order valence-corrected chi connectivity index (χ2v) is 16.7. The lowest BCUT2D eigenvalue weighted by Gasteiger charge is -2.39. The highest BCUT2D eigenvalue weighted by molar-refractivity contribution is 5.83. The van der Waals surface area contributed by atoms with Gasteiger partial charge in [-0.15, -0.1) is 5.92 Å². The summed E-state index contributed by atoms with van der Waals surface area (Å²) in [4.78, 5) is 22.1. The minimum Gasteiger partial charge on any atom is -0.496 e. The van der Waals surface area contributed by atoms with Gasteiger partial charge >= 0.3 is 0 Å². The number of carbonyl (C=O) groups excluding carboxylic acids is 1. The van der Waals surface area contributed by atoms with E-state index in [1.807, 2.05) is 17.9 Å². The molecule has 3 N–H and O–H groups in total. The summed E-state index contributed by atoms with van der Waals surface area (Å²) < 4.78 is 20.5. The van der Waals surface area contributed by atoms with Crippen LogP contribution in [0.1, 0.15) is 110 Å². The Morgan fingerprint density at radius 2 is 1.84 bits per heavy atom. The third kappa shape index (κ3) is 13.7. The van der Waals surface area contributed by atoms with Crippen molar-refractivity contribution in [3.05, 3.63) is 52.2 Å². The van der Waals surface area contributed by atoms with Crippen LogP contribution in [0.4, 0.5) is 0 Å². The van der Waals surface area contributed by atoms with Crippen molar-refractivity contribution >= 4 is 24.1 Å². The van der Waals surface area contributed by atoms with Crippen molar-refractivity contribution in [2.24, 2.45) is 16.1 Å². The van der Waals surface area contributed by atoms with Gasteiger partial charge < -0.3 is 34.7 Å². The molecule has 1 atom stereocenters. The predicted molar refractivity (Wildman–Crippen MR) is 225 cm³/mol. The van der Waals surface area contributed by atoms with E-state index in [0.29, 0.717) is 32.0 Å². The Balaban J connectivity index is 1.31. The highest BCUT2D eigenvalue weighted by Gasteiger charge is 2.29. The van der Waals surface area contributed by atoms with Crippen LogP contribution in [0.3, 0.4) is 0 Å². The van der Waals surface area contributed by atoms with Crippen molar-refractivity contribution in [2.75, 3.05) is 66.2 Å². The molecule has 55 heavy (non-hydrogen) atoms. The number of nitrogens with one attached hydrogen (secondary N) is 1. The number of ether oxygens (including phenoxy) is 3. The van der Waals surface area contributed by atoms with Crippen LogP contribution in [-0.2, 0) is 26.2 Å². The van der Waals surface area contributed by atoms with Gasteiger partial charge in [-0.05, 0) is 48.6 Å².